The number of benzene rings is 2. The van der Waals surface area contributed by atoms with E-state index < -0.39 is 188 Å². The van der Waals surface area contributed by atoms with Crippen LogP contribution in [-0.2, 0) is 70.1 Å². The summed E-state index contributed by atoms with van der Waals surface area (Å²) in [4.78, 5) is 64.5. The van der Waals surface area contributed by atoms with Gasteiger partial charge in [-0.2, -0.15) is 49.6 Å². The van der Waals surface area contributed by atoms with E-state index in [9.17, 15) is 70.9 Å². The first-order valence-corrected chi connectivity index (χ1v) is 28.9. The lowest BCUT2D eigenvalue weighted by Crippen LogP contribution is -2.47. The normalized spacial score (nSPS) is 16.5. The van der Waals surface area contributed by atoms with Gasteiger partial charge in [-0.25, -0.2) is 49.3 Å². The number of urea groups is 1. The van der Waals surface area contributed by atoms with Gasteiger partial charge in [0.1, 0.15) is 40.9 Å². The first-order valence-electron chi connectivity index (χ1n) is 23.2. The third-order valence-corrected chi connectivity index (χ3v) is 16.5. The largest absolute Gasteiger partial charge is 0.472 e. The molecule has 3 heterocycles. The number of rotatable bonds is 17. The minimum absolute atomic E-state index is 0.0316. The van der Waals surface area contributed by atoms with Crippen LogP contribution >= 0.6 is 19.4 Å². The monoisotopic (exact) mass is 1240 g/mol. The fourth-order valence-electron chi connectivity index (χ4n) is 8.69. The third-order valence-electron chi connectivity index (χ3n) is 12.8. The first kappa shape index (κ1) is 62.0. The van der Waals surface area contributed by atoms with E-state index in [1.807, 2.05) is 0 Å². The summed E-state index contributed by atoms with van der Waals surface area (Å²) in [5.74, 6) is -6.38. The molecule has 0 spiro atoms. The smallest absolute Gasteiger partial charge is 0.422 e. The summed E-state index contributed by atoms with van der Waals surface area (Å²) in [5.41, 5.74) is -6.36. The number of pyridine rings is 1. The number of ether oxygens (including phenoxy) is 1. The van der Waals surface area contributed by atoms with Crippen LogP contribution < -0.4 is 9.62 Å². The number of alkyl halides is 8. The van der Waals surface area contributed by atoms with Crippen LogP contribution in [0.15, 0.2) is 42.5 Å². The van der Waals surface area contributed by atoms with E-state index >= 15 is 8.78 Å². The van der Waals surface area contributed by atoms with E-state index in [2.05, 4.69) is 41.6 Å². The number of hydrogen-bond acceptors (Lipinski definition) is 13. The van der Waals surface area contributed by atoms with Crippen molar-refractivity contribution in [1.82, 2.24) is 39.7 Å². The SMILES string of the molecule is CN(CCN(C)C(=O)N(c1nn(CC(F)(F)F)c2c(-c3ccc(C#CC(C)(C)S(C)(=O)=O)nc3[C@H](Cc3cc(F)cc(F)c3)NC(=O)Cn3nc(C(F)(F)F)c4c3C(F)(F)C3C[C@H]43)ccc(Cl)c12)S(C)(=O)=O)C(=O)OCOP(=O)(O)O. The highest BCUT2D eigenvalue weighted by molar-refractivity contribution is 7.93. The van der Waals surface area contributed by atoms with Crippen LogP contribution in [0.4, 0.5) is 59.3 Å². The standard InChI is InChI=1S/C46H45ClF10N9O12PS2/c1-43(2,80(5,73)74)12-11-26-7-8-27(36(58-26)32(17-23-15-24(48)18-25(49)16-23)59-33(67)20-64-39-34(38(60-64)46(55,56)57)29-19-30(29)45(39,53)54)28-9-10-31(47)35-37(28)65(21-44(50,51)52)61-40(35)66(81(6,75)76)41(68)62(3)13-14-63(4)42(69)77-22-78-79(70,71)72/h7-10,15-16,18,29-30,32H,13-14,17,19-22H2,1-6H3,(H,59,67)(H2,70,71,72)/t29-,30?,32-/m0/s1. The van der Waals surface area contributed by atoms with E-state index in [0.717, 1.165) is 61.6 Å². The van der Waals surface area contributed by atoms with Crippen molar-refractivity contribution in [1.29, 1.82) is 0 Å². The zero-order chi connectivity index (χ0) is 60.5. The number of fused-ring (bicyclic) bond motifs is 4. The summed E-state index contributed by atoms with van der Waals surface area (Å²) in [6.07, 6.45) is -11.5. The van der Waals surface area contributed by atoms with Crippen LogP contribution in [0.25, 0.3) is 22.0 Å². The van der Waals surface area contributed by atoms with Gasteiger partial charge in [-0.3, -0.25) is 14.2 Å². The molecule has 7 rings (SSSR count). The molecule has 3 N–H and O–H groups in total. The number of likely N-dealkylation sites (N-methyl/N-ethyl adjacent to an activating group) is 2. The number of sulfonamides is 1. The van der Waals surface area contributed by atoms with Crippen LogP contribution in [0.2, 0.25) is 5.02 Å². The van der Waals surface area contributed by atoms with Gasteiger partial charge >= 0.3 is 32.3 Å². The Hall–Kier alpha value is -6.56. The molecule has 0 bridgehead atoms. The van der Waals surface area contributed by atoms with Crippen molar-refractivity contribution in [3.8, 4) is 23.0 Å². The Labute approximate surface area is 458 Å². The van der Waals surface area contributed by atoms with Crippen molar-refractivity contribution in [2.24, 2.45) is 5.92 Å². The minimum Gasteiger partial charge on any atom is -0.422 e. The lowest BCUT2D eigenvalue weighted by atomic mass is 9.93. The fraction of sp³-hybridized carbons (Fsp3) is 0.435. The summed E-state index contributed by atoms with van der Waals surface area (Å²) in [5, 5.41) is 8.47. The predicted molar refractivity (Wildman–Crippen MR) is 265 cm³/mol. The van der Waals surface area contributed by atoms with Crippen LogP contribution in [0.1, 0.15) is 66.1 Å². The zero-order valence-corrected chi connectivity index (χ0v) is 46.0. The number of phosphoric ester groups is 1. The van der Waals surface area contributed by atoms with Crippen molar-refractivity contribution >= 4 is 74.0 Å². The fourth-order valence-corrected chi connectivity index (χ4v) is 10.2. The molecule has 1 unspecified atom stereocenters. The molecule has 1 saturated carbocycles. The molecular weight excluding hydrogens is 1190 g/mol. The number of carbonyl (C=O) groups excluding carboxylic acids is 3. The molecule has 5 aromatic rings. The maximum Gasteiger partial charge on any atom is 0.472 e. The molecule has 2 aliphatic carbocycles. The summed E-state index contributed by atoms with van der Waals surface area (Å²) < 4.78 is 219. The van der Waals surface area contributed by atoms with Gasteiger partial charge in [0, 0.05) is 62.1 Å². The molecule has 81 heavy (non-hydrogen) atoms. The molecular formula is C46H45ClF10N9O12PS2. The maximum absolute atomic E-state index is 15.7. The second-order valence-electron chi connectivity index (χ2n) is 19.3. The molecule has 2 aliphatic rings. The minimum atomic E-state index is -5.26. The van der Waals surface area contributed by atoms with E-state index in [1.54, 1.807) is 0 Å². The van der Waals surface area contributed by atoms with Crippen LogP contribution in [0, 0.1) is 29.4 Å². The van der Waals surface area contributed by atoms with Gasteiger partial charge in [0.15, 0.2) is 21.3 Å². The van der Waals surface area contributed by atoms with E-state index in [-0.39, 0.29) is 36.9 Å². The molecule has 3 aromatic heterocycles. The van der Waals surface area contributed by atoms with Gasteiger partial charge in [-0.15, -0.1) is 0 Å². The number of carbonyl (C=O) groups is 3. The zero-order valence-electron chi connectivity index (χ0n) is 42.7. The molecule has 4 amide bonds. The number of nitrogens with one attached hydrogen (secondary N) is 1. The summed E-state index contributed by atoms with van der Waals surface area (Å²) in [7, 11) is -11.9. The van der Waals surface area contributed by atoms with Crippen LogP contribution in [0.5, 0.6) is 0 Å². The summed E-state index contributed by atoms with van der Waals surface area (Å²) in [6.45, 7) is -3.26. The molecule has 3 atom stereocenters. The Balaban J connectivity index is 1.41. The van der Waals surface area contributed by atoms with E-state index in [0.29, 0.717) is 17.2 Å². The number of hydrogen-bond donors (Lipinski definition) is 3. The molecule has 21 nitrogen and oxygen atoms in total. The Morgan fingerprint density at radius 2 is 1.56 bits per heavy atom. The van der Waals surface area contributed by atoms with Crippen molar-refractivity contribution in [3.63, 3.8) is 0 Å². The number of phosphoric acid groups is 1. The quantitative estimate of drug-likeness (QED) is 0.0358. The highest BCUT2D eigenvalue weighted by Gasteiger charge is 2.68. The molecule has 0 radical (unpaired) electrons. The summed E-state index contributed by atoms with van der Waals surface area (Å²) >= 11 is 6.68. The predicted octanol–water partition coefficient (Wildman–Crippen LogP) is 7.24. The van der Waals surface area contributed by atoms with Gasteiger partial charge in [-0.1, -0.05) is 23.6 Å². The number of aromatic nitrogens is 5. The van der Waals surface area contributed by atoms with Gasteiger partial charge in [0.2, 0.25) is 22.7 Å². The highest BCUT2D eigenvalue weighted by atomic mass is 35.5. The average molecular weight is 1240 g/mol. The first-order chi connectivity index (χ1) is 37.1. The highest BCUT2D eigenvalue weighted by Crippen LogP contribution is 2.68. The van der Waals surface area contributed by atoms with Crippen molar-refractivity contribution in [3.05, 3.63) is 93.0 Å². The molecule has 1 fully saturated rings. The second-order valence-corrected chi connectivity index (χ2v) is 25.4. The lowest BCUT2D eigenvalue weighted by Gasteiger charge is -2.27. The van der Waals surface area contributed by atoms with Gasteiger partial charge < -0.3 is 29.6 Å². The molecule has 0 saturated heterocycles. The lowest BCUT2D eigenvalue weighted by molar-refractivity contribution is -0.143. The third kappa shape index (κ3) is 13.7. The molecule has 440 valence electrons. The molecule has 2 aromatic carbocycles. The number of amides is 4. The number of halogens is 11. The van der Waals surface area contributed by atoms with E-state index in [1.165, 1.54) is 13.8 Å². The van der Waals surface area contributed by atoms with Crippen molar-refractivity contribution in [2.45, 2.75) is 74.8 Å². The second kappa shape index (κ2) is 22.0. The Bertz CT molecular complexity index is 3700. The topological polar surface area (TPSA) is 266 Å². The Morgan fingerprint density at radius 3 is 2.14 bits per heavy atom. The van der Waals surface area contributed by atoms with Gasteiger partial charge in [-0.05, 0) is 74.4 Å². The Morgan fingerprint density at radius 1 is 0.938 bits per heavy atom. The number of sulfone groups is 1. The Kier molecular flexibility index (Phi) is 16.8. The summed E-state index contributed by atoms with van der Waals surface area (Å²) in [6, 6.07) is 2.91. The maximum atomic E-state index is 15.7. The average Bonchev–Trinajstić information content (AvgIpc) is 3.88. The van der Waals surface area contributed by atoms with Gasteiger partial charge in [0.25, 0.3) is 5.92 Å². The number of nitrogens with zero attached hydrogens (tertiary/aromatic N) is 8. The van der Waals surface area contributed by atoms with Crippen LogP contribution in [0.3, 0.4) is 0 Å². The molecule has 0 aliphatic heterocycles. The number of anilines is 1. The molecule has 35 heteroatoms. The van der Waals surface area contributed by atoms with E-state index in [4.69, 9.17) is 21.4 Å². The van der Waals surface area contributed by atoms with Crippen molar-refractivity contribution in [2.75, 3.05) is 50.8 Å². The van der Waals surface area contributed by atoms with Gasteiger partial charge in [0.05, 0.1) is 33.9 Å². The van der Waals surface area contributed by atoms with Crippen LogP contribution in [-0.4, -0.2) is 136 Å². The van der Waals surface area contributed by atoms with Crippen molar-refractivity contribution < 1.29 is 98.7 Å².